The van der Waals surface area contributed by atoms with Crippen LogP contribution in [0.1, 0.15) is 18.1 Å². The molecule has 0 aliphatic heterocycles. The fourth-order valence-corrected chi connectivity index (χ4v) is 2.11. The molecule has 0 aliphatic carbocycles. The van der Waals surface area contributed by atoms with Gasteiger partial charge in [0, 0.05) is 31.4 Å². The summed E-state index contributed by atoms with van der Waals surface area (Å²) in [5, 5.41) is 3.30. The Bertz CT molecular complexity index is 537. The summed E-state index contributed by atoms with van der Waals surface area (Å²) in [4.78, 5) is 2.05. The van der Waals surface area contributed by atoms with E-state index in [1.54, 1.807) is 6.07 Å². The average Bonchev–Trinajstić information content (AvgIpc) is 2.48. The molecule has 0 unspecified atom stereocenters. The van der Waals surface area contributed by atoms with Gasteiger partial charge >= 0.3 is 0 Å². The van der Waals surface area contributed by atoms with Crippen LogP contribution in [-0.4, -0.2) is 13.6 Å². The molecule has 2 rings (SSSR count). The minimum atomic E-state index is -0.150. The Labute approximate surface area is 120 Å². The van der Waals surface area contributed by atoms with E-state index in [0.717, 1.165) is 18.8 Å². The summed E-state index contributed by atoms with van der Waals surface area (Å²) in [6.07, 6.45) is 0. The number of hydrogen-bond acceptors (Lipinski definition) is 2. The van der Waals surface area contributed by atoms with Crippen LogP contribution in [0.15, 0.2) is 48.5 Å². The highest BCUT2D eigenvalue weighted by atomic mass is 19.1. The minimum Gasteiger partial charge on any atom is -0.370 e. The Balaban J connectivity index is 2.02. The molecular formula is C17H21FN2. The summed E-state index contributed by atoms with van der Waals surface area (Å²) in [7, 11) is 1.98. The first-order valence-electron chi connectivity index (χ1n) is 6.95. The van der Waals surface area contributed by atoms with Crippen molar-refractivity contribution in [2.45, 2.75) is 20.0 Å². The monoisotopic (exact) mass is 272 g/mol. The van der Waals surface area contributed by atoms with Crippen molar-refractivity contribution < 1.29 is 4.39 Å². The third-order valence-corrected chi connectivity index (χ3v) is 3.32. The van der Waals surface area contributed by atoms with Crippen LogP contribution in [0, 0.1) is 5.82 Å². The van der Waals surface area contributed by atoms with Crippen LogP contribution in [0.3, 0.4) is 0 Å². The summed E-state index contributed by atoms with van der Waals surface area (Å²) in [6, 6.07) is 15.3. The van der Waals surface area contributed by atoms with Crippen molar-refractivity contribution in [1.29, 1.82) is 0 Å². The van der Waals surface area contributed by atoms with Gasteiger partial charge in [0.25, 0.3) is 0 Å². The van der Waals surface area contributed by atoms with Gasteiger partial charge in [0.05, 0.1) is 0 Å². The molecule has 0 fully saturated rings. The molecule has 3 heteroatoms. The molecule has 0 amide bonds. The van der Waals surface area contributed by atoms with E-state index in [4.69, 9.17) is 0 Å². The third-order valence-electron chi connectivity index (χ3n) is 3.32. The molecule has 0 spiro atoms. The third kappa shape index (κ3) is 3.81. The van der Waals surface area contributed by atoms with Crippen molar-refractivity contribution in [1.82, 2.24) is 5.32 Å². The summed E-state index contributed by atoms with van der Waals surface area (Å²) in [5.74, 6) is -0.150. The quantitative estimate of drug-likeness (QED) is 0.865. The molecule has 1 N–H and O–H groups in total. The molecule has 0 aromatic heterocycles. The average molecular weight is 272 g/mol. The predicted octanol–water partition coefficient (Wildman–Crippen LogP) is 3.57. The van der Waals surface area contributed by atoms with Crippen LogP contribution in [0.5, 0.6) is 0 Å². The molecule has 106 valence electrons. The maximum atomic E-state index is 13.6. The molecule has 2 aromatic rings. The zero-order valence-corrected chi connectivity index (χ0v) is 12.1. The highest BCUT2D eigenvalue weighted by Gasteiger charge is 2.06. The van der Waals surface area contributed by atoms with Crippen LogP contribution >= 0.6 is 0 Å². The molecular weight excluding hydrogens is 251 g/mol. The summed E-state index contributed by atoms with van der Waals surface area (Å²) in [5.41, 5.74) is 3.06. The van der Waals surface area contributed by atoms with E-state index in [2.05, 4.69) is 41.4 Å². The van der Waals surface area contributed by atoms with Crippen LogP contribution in [0.25, 0.3) is 0 Å². The second-order valence-corrected chi connectivity index (χ2v) is 4.89. The molecule has 0 bridgehead atoms. The zero-order chi connectivity index (χ0) is 14.4. The van der Waals surface area contributed by atoms with Crippen molar-refractivity contribution in [3.63, 3.8) is 0 Å². The Morgan fingerprint density at radius 1 is 1.05 bits per heavy atom. The van der Waals surface area contributed by atoms with Gasteiger partial charge in [-0.2, -0.15) is 0 Å². The van der Waals surface area contributed by atoms with Gasteiger partial charge in [-0.15, -0.1) is 0 Å². The lowest BCUT2D eigenvalue weighted by molar-refractivity contribution is 0.608. The number of hydrogen-bond donors (Lipinski definition) is 1. The number of benzene rings is 2. The van der Waals surface area contributed by atoms with Gasteiger partial charge in [-0.3, -0.25) is 0 Å². The normalized spacial score (nSPS) is 10.6. The topological polar surface area (TPSA) is 15.3 Å². The maximum absolute atomic E-state index is 13.6. The largest absolute Gasteiger partial charge is 0.370 e. The van der Waals surface area contributed by atoms with Crippen molar-refractivity contribution in [3.05, 3.63) is 65.5 Å². The van der Waals surface area contributed by atoms with Gasteiger partial charge in [0.2, 0.25) is 0 Å². The van der Waals surface area contributed by atoms with Gasteiger partial charge in [-0.05, 0) is 30.3 Å². The Morgan fingerprint density at radius 2 is 1.75 bits per heavy atom. The molecule has 0 saturated carbocycles. The van der Waals surface area contributed by atoms with E-state index < -0.39 is 0 Å². The van der Waals surface area contributed by atoms with Crippen molar-refractivity contribution in [3.8, 4) is 0 Å². The van der Waals surface area contributed by atoms with E-state index in [-0.39, 0.29) is 5.82 Å². The van der Waals surface area contributed by atoms with E-state index in [1.165, 1.54) is 11.6 Å². The van der Waals surface area contributed by atoms with E-state index >= 15 is 0 Å². The first-order valence-corrected chi connectivity index (χ1v) is 6.95. The number of nitrogens with zero attached hydrogens (tertiary/aromatic N) is 1. The van der Waals surface area contributed by atoms with E-state index in [1.807, 2.05) is 19.2 Å². The Morgan fingerprint density at radius 3 is 2.40 bits per heavy atom. The summed E-state index contributed by atoms with van der Waals surface area (Å²) < 4.78 is 13.6. The smallest absolute Gasteiger partial charge is 0.128 e. The highest BCUT2D eigenvalue weighted by molar-refractivity contribution is 5.47. The molecule has 0 heterocycles. The second kappa shape index (κ2) is 7.06. The summed E-state index contributed by atoms with van der Waals surface area (Å²) >= 11 is 0. The SMILES string of the molecule is CCNCc1ccc(N(C)Cc2ccccc2F)cc1. The standard InChI is InChI=1S/C17H21FN2/c1-3-19-12-14-8-10-16(11-9-14)20(2)13-15-6-4-5-7-17(15)18/h4-11,19H,3,12-13H2,1-2H3. The van der Waals surface area contributed by atoms with Gasteiger partial charge in [-0.1, -0.05) is 37.3 Å². The van der Waals surface area contributed by atoms with Gasteiger partial charge < -0.3 is 10.2 Å². The molecule has 0 radical (unpaired) electrons. The van der Waals surface area contributed by atoms with Crippen LogP contribution in [0.4, 0.5) is 10.1 Å². The fraction of sp³-hybridized carbons (Fsp3) is 0.294. The maximum Gasteiger partial charge on any atom is 0.128 e. The number of anilines is 1. The van der Waals surface area contributed by atoms with Crippen LogP contribution < -0.4 is 10.2 Å². The molecule has 2 aromatic carbocycles. The number of rotatable bonds is 6. The van der Waals surface area contributed by atoms with Crippen LogP contribution in [0.2, 0.25) is 0 Å². The zero-order valence-electron chi connectivity index (χ0n) is 12.1. The summed E-state index contributed by atoms with van der Waals surface area (Å²) in [6.45, 7) is 4.51. The van der Waals surface area contributed by atoms with E-state index in [0.29, 0.717) is 12.1 Å². The van der Waals surface area contributed by atoms with Crippen molar-refractivity contribution in [2.24, 2.45) is 0 Å². The molecule has 0 atom stereocenters. The number of nitrogens with one attached hydrogen (secondary N) is 1. The Hall–Kier alpha value is -1.87. The minimum absolute atomic E-state index is 0.150. The first-order chi connectivity index (χ1) is 9.70. The van der Waals surface area contributed by atoms with Crippen LogP contribution in [-0.2, 0) is 13.1 Å². The van der Waals surface area contributed by atoms with Crippen molar-refractivity contribution >= 4 is 5.69 Å². The lowest BCUT2D eigenvalue weighted by atomic mass is 10.1. The molecule has 0 aliphatic rings. The second-order valence-electron chi connectivity index (χ2n) is 4.89. The molecule has 2 nitrogen and oxygen atoms in total. The molecule has 20 heavy (non-hydrogen) atoms. The first kappa shape index (κ1) is 14.5. The van der Waals surface area contributed by atoms with Crippen molar-refractivity contribution in [2.75, 3.05) is 18.5 Å². The lowest BCUT2D eigenvalue weighted by Crippen LogP contribution is -2.17. The number of halogens is 1. The fourth-order valence-electron chi connectivity index (χ4n) is 2.11. The Kier molecular flexibility index (Phi) is 5.13. The highest BCUT2D eigenvalue weighted by Crippen LogP contribution is 2.17. The van der Waals surface area contributed by atoms with Gasteiger partial charge in [0.1, 0.15) is 5.82 Å². The van der Waals surface area contributed by atoms with E-state index in [9.17, 15) is 4.39 Å². The van der Waals surface area contributed by atoms with Gasteiger partial charge in [-0.25, -0.2) is 4.39 Å². The van der Waals surface area contributed by atoms with Gasteiger partial charge in [0.15, 0.2) is 0 Å². The predicted molar refractivity (Wildman–Crippen MR) is 82.3 cm³/mol. The molecule has 0 saturated heterocycles. The lowest BCUT2D eigenvalue weighted by Gasteiger charge is -2.20.